The Labute approximate surface area is 121 Å². The van der Waals surface area contributed by atoms with Crippen LogP contribution in [0.25, 0.3) is 0 Å². The molecule has 3 N–H and O–H groups in total. The molecule has 0 heterocycles. The molecule has 0 saturated carbocycles. The van der Waals surface area contributed by atoms with Gasteiger partial charge in [0.25, 0.3) is 0 Å². The van der Waals surface area contributed by atoms with Crippen molar-refractivity contribution in [3.8, 4) is 5.75 Å². The van der Waals surface area contributed by atoms with E-state index < -0.39 is 0 Å². The molecule has 0 saturated heterocycles. The number of carbonyl (C=O) groups excluding carboxylic acids is 1. The molecule has 1 amide bonds. The predicted octanol–water partition coefficient (Wildman–Crippen LogP) is 2.64. The lowest BCUT2D eigenvalue weighted by Crippen LogP contribution is -2.40. The number of nitrogens with two attached hydrogens (primary N) is 1. The van der Waals surface area contributed by atoms with E-state index in [2.05, 4.69) is 5.32 Å². The molecule has 0 aliphatic heterocycles. The SMILES string of the molecule is COc1cccc([C@@H](C)NC(=O)CC(N)C(C)(C)C)c1. The van der Waals surface area contributed by atoms with Crippen LogP contribution in [-0.4, -0.2) is 19.1 Å². The number of ether oxygens (including phenoxy) is 1. The van der Waals surface area contributed by atoms with Crippen LogP contribution in [0.4, 0.5) is 0 Å². The molecule has 112 valence electrons. The molecular formula is C16H26N2O2. The van der Waals surface area contributed by atoms with E-state index >= 15 is 0 Å². The second-order valence-electron chi connectivity index (χ2n) is 6.24. The first-order chi connectivity index (χ1) is 9.24. The Hall–Kier alpha value is -1.55. The van der Waals surface area contributed by atoms with Gasteiger partial charge in [-0.2, -0.15) is 0 Å². The third-order valence-electron chi connectivity index (χ3n) is 3.49. The van der Waals surface area contributed by atoms with Gasteiger partial charge < -0.3 is 15.8 Å². The first-order valence-corrected chi connectivity index (χ1v) is 6.93. The predicted molar refractivity (Wildman–Crippen MR) is 81.6 cm³/mol. The molecule has 4 heteroatoms. The minimum Gasteiger partial charge on any atom is -0.497 e. The van der Waals surface area contributed by atoms with E-state index in [9.17, 15) is 4.79 Å². The molecule has 0 aliphatic rings. The second kappa shape index (κ2) is 6.75. The van der Waals surface area contributed by atoms with Crippen molar-refractivity contribution in [1.29, 1.82) is 0 Å². The summed E-state index contributed by atoms with van der Waals surface area (Å²) in [4.78, 5) is 12.0. The van der Waals surface area contributed by atoms with Crippen molar-refractivity contribution in [2.75, 3.05) is 7.11 Å². The summed E-state index contributed by atoms with van der Waals surface area (Å²) in [6.07, 6.45) is 0.331. The molecule has 0 fully saturated rings. The van der Waals surface area contributed by atoms with E-state index in [4.69, 9.17) is 10.5 Å². The van der Waals surface area contributed by atoms with Gasteiger partial charge in [-0.05, 0) is 30.0 Å². The number of hydrogen-bond acceptors (Lipinski definition) is 3. The molecule has 0 bridgehead atoms. The Morgan fingerprint density at radius 1 is 1.40 bits per heavy atom. The average Bonchev–Trinajstić information content (AvgIpc) is 2.37. The Morgan fingerprint density at radius 2 is 2.05 bits per heavy atom. The fourth-order valence-corrected chi connectivity index (χ4v) is 1.80. The van der Waals surface area contributed by atoms with Gasteiger partial charge in [-0.25, -0.2) is 0 Å². The third-order valence-corrected chi connectivity index (χ3v) is 3.49. The molecule has 20 heavy (non-hydrogen) atoms. The lowest BCUT2D eigenvalue weighted by Gasteiger charge is -2.27. The maximum atomic E-state index is 12.0. The highest BCUT2D eigenvalue weighted by molar-refractivity contribution is 5.77. The number of methoxy groups -OCH3 is 1. The van der Waals surface area contributed by atoms with Crippen LogP contribution < -0.4 is 15.8 Å². The Bertz CT molecular complexity index is 452. The lowest BCUT2D eigenvalue weighted by molar-refractivity contribution is -0.122. The summed E-state index contributed by atoms with van der Waals surface area (Å²) in [6.45, 7) is 8.07. The third kappa shape index (κ3) is 4.85. The van der Waals surface area contributed by atoms with Gasteiger partial charge in [0.05, 0.1) is 13.2 Å². The highest BCUT2D eigenvalue weighted by Gasteiger charge is 2.23. The molecule has 1 rings (SSSR count). The summed E-state index contributed by atoms with van der Waals surface area (Å²) in [7, 11) is 1.63. The van der Waals surface area contributed by atoms with E-state index in [-0.39, 0.29) is 23.4 Å². The Balaban J connectivity index is 2.61. The Kier molecular flexibility index (Phi) is 5.57. The van der Waals surface area contributed by atoms with Crippen LogP contribution in [-0.2, 0) is 4.79 Å². The van der Waals surface area contributed by atoms with Gasteiger partial charge >= 0.3 is 0 Å². The second-order valence-corrected chi connectivity index (χ2v) is 6.24. The van der Waals surface area contributed by atoms with Crippen molar-refractivity contribution in [3.63, 3.8) is 0 Å². The van der Waals surface area contributed by atoms with Gasteiger partial charge in [0.15, 0.2) is 0 Å². The van der Waals surface area contributed by atoms with Crippen molar-refractivity contribution < 1.29 is 9.53 Å². The van der Waals surface area contributed by atoms with E-state index in [0.717, 1.165) is 11.3 Å². The number of rotatable bonds is 5. The largest absolute Gasteiger partial charge is 0.497 e. The molecule has 1 aromatic rings. The fraction of sp³-hybridized carbons (Fsp3) is 0.562. The summed E-state index contributed by atoms with van der Waals surface area (Å²) in [5.74, 6) is 0.762. The zero-order chi connectivity index (χ0) is 15.3. The maximum Gasteiger partial charge on any atom is 0.222 e. The van der Waals surface area contributed by atoms with Crippen LogP contribution in [0.3, 0.4) is 0 Å². The van der Waals surface area contributed by atoms with Gasteiger partial charge in [0.1, 0.15) is 5.75 Å². The van der Waals surface area contributed by atoms with Crippen LogP contribution >= 0.6 is 0 Å². The molecular weight excluding hydrogens is 252 g/mol. The zero-order valence-electron chi connectivity index (χ0n) is 13.1. The van der Waals surface area contributed by atoms with E-state index in [1.54, 1.807) is 7.11 Å². The number of hydrogen-bond donors (Lipinski definition) is 2. The smallest absolute Gasteiger partial charge is 0.222 e. The molecule has 2 atom stereocenters. The van der Waals surface area contributed by atoms with Crippen LogP contribution in [0.2, 0.25) is 0 Å². The summed E-state index contributed by atoms with van der Waals surface area (Å²) in [5.41, 5.74) is 6.97. The maximum absolute atomic E-state index is 12.0. The zero-order valence-corrected chi connectivity index (χ0v) is 13.1. The van der Waals surface area contributed by atoms with Gasteiger partial charge in [0.2, 0.25) is 5.91 Å². The topological polar surface area (TPSA) is 64.3 Å². The first kappa shape index (κ1) is 16.5. The van der Waals surface area contributed by atoms with E-state index in [0.29, 0.717) is 6.42 Å². The highest BCUT2D eigenvalue weighted by atomic mass is 16.5. The molecule has 0 radical (unpaired) electrons. The molecule has 0 aromatic heterocycles. The molecule has 0 aliphatic carbocycles. The summed E-state index contributed by atoms with van der Waals surface area (Å²) >= 11 is 0. The minimum atomic E-state index is -0.153. The highest BCUT2D eigenvalue weighted by Crippen LogP contribution is 2.21. The number of benzene rings is 1. The molecule has 1 aromatic carbocycles. The minimum absolute atomic E-state index is 0.0252. The van der Waals surface area contributed by atoms with Crippen molar-refractivity contribution in [1.82, 2.24) is 5.32 Å². The van der Waals surface area contributed by atoms with Gasteiger partial charge in [-0.15, -0.1) is 0 Å². The number of amides is 1. The monoisotopic (exact) mass is 278 g/mol. The quantitative estimate of drug-likeness (QED) is 0.870. The first-order valence-electron chi connectivity index (χ1n) is 6.93. The fourth-order valence-electron chi connectivity index (χ4n) is 1.80. The standard InChI is InChI=1S/C16H26N2O2/c1-11(12-7-6-8-13(9-12)20-5)18-15(19)10-14(17)16(2,3)4/h6-9,11,14H,10,17H2,1-5H3,(H,18,19)/t11-,14?/m1/s1. The van der Waals surface area contributed by atoms with Gasteiger partial charge in [0, 0.05) is 12.5 Å². The Morgan fingerprint density at radius 3 is 2.60 bits per heavy atom. The number of nitrogens with one attached hydrogen (secondary N) is 1. The summed E-state index contributed by atoms with van der Waals surface area (Å²) < 4.78 is 5.19. The number of carbonyl (C=O) groups is 1. The molecule has 0 spiro atoms. The molecule has 4 nitrogen and oxygen atoms in total. The van der Waals surface area contributed by atoms with Crippen molar-refractivity contribution >= 4 is 5.91 Å². The van der Waals surface area contributed by atoms with Crippen LogP contribution in [0.1, 0.15) is 45.7 Å². The van der Waals surface area contributed by atoms with Crippen LogP contribution in [0.5, 0.6) is 5.75 Å². The van der Waals surface area contributed by atoms with Gasteiger partial charge in [-0.3, -0.25) is 4.79 Å². The van der Waals surface area contributed by atoms with Crippen molar-refractivity contribution in [2.45, 2.75) is 46.2 Å². The van der Waals surface area contributed by atoms with Crippen molar-refractivity contribution in [2.24, 2.45) is 11.1 Å². The lowest BCUT2D eigenvalue weighted by atomic mass is 9.85. The summed E-state index contributed by atoms with van der Waals surface area (Å²) in [5, 5.41) is 2.98. The van der Waals surface area contributed by atoms with E-state index in [1.807, 2.05) is 52.0 Å². The van der Waals surface area contributed by atoms with Gasteiger partial charge in [-0.1, -0.05) is 32.9 Å². The average molecular weight is 278 g/mol. The normalized spacial score (nSPS) is 14.5. The van der Waals surface area contributed by atoms with Crippen molar-refractivity contribution in [3.05, 3.63) is 29.8 Å². The summed E-state index contributed by atoms with van der Waals surface area (Å²) in [6, 6.07) is 7.47. The van der Waals surface area contributed by atoms with E-state index in [1.165, 1.54) is 0 Å². The van der Waals surface area contributed by atoms with Crippen LogP contribution in [0.15, 0.2) is 24.3 Å². The van der Waals surface area contributed by atoms with Crippen LogP contribution in [0, 0.1) is 5.41 Å². The molecule has 1 unspecified atom stereocenters.